The Morgan fingerprint density at radius 1 is 1.17 bits per heavy atom. The first-order chi connectivity index (χ1) is 14.0. The number of pyridine rings is 1. The van der Waals surface area contributed by atoms with Gasteiger partial charge in [0, 0.05) is 61.3 Å². The highest BCUT2D eigenvalue weighted by Gasteiger charge is 2.32. The Morgan fingerprint density at radius 2 is 1.97 bits per heavy atom. The van der Waals surface area contributed by atoms with Crippen molar-refractivity contribution in [1.29, 1.82) is 0 Å². The summed E-state index contributed by atoms with van der Waals surface area (Å²) in [6, 6.07) is 4.49. The highest BCUT2D eigenvalue weighted by molar-refractivity contribution is 6.17. The molecule has 2 aliphatic heterocycles. The van der Waals surface area contributed by atoms with E-state index in [0.29, 0.717) is 0 Å². The second kappa shape index (κ2) is 6.55. The highest BCUT2D eigenvalue weighted by atomic mass is 16.5. The van der Waals surface area contributed by atoms with Crippen LogP contribution < -0.4 is 9.64 Å². The summed E-state index contributed by atoms with van der Waals surface area (Å²) in [6.45, 7) is 2.00. The molecule has 0 aliphatic carbocycles. The van der Waals surface area contributed by atoms with E-state index in [0.717, 1.165) is 54.3 Å². The SMILES string of the molecule is Cn1cc(/C=C2\Oc3cc(O)cc(O)c3C2=O)c2c(N3CCCCC3)ccnc21. The van der Waals surface area contributed by atoms with Crippen molar-refractivity contribution in [2.75, 3.05) is 18.0 Å². The van der Waals surface area contributed by atoms with Gasteiger partial charge >= 0.3 is 0 Å². The standard InChI is InChI=1S/C22H21N3O4/c1-24-12-13(9-18-21(28)20-16(27)10-14(26)11-17(20)29-18)19-15(5-6-23-22(19)24)25-7-3-2-4-8-25/h5-6,9-12,26-27H,2-4,7-8H2,1H3/b18-9-. The number of phenolic OH excluding ortho intramolecular Hbond substituents is 2. The van der Waals surface area contributed by atoms with Crippen LogP contribution in [-0.2, 0) is 7.05 Å². The van der Waals surface area contributed by atoms with Gasteiger partial charge in [0.05, 0.1) is 0 Å². The van der Waals surface area contributed by atoms with Gasteiger partial charge in [0.2, 0.25) is 5.78 Å². The number of hydrogen-bond acceptors (Lipinski definition) is 6. The summed E-state index contributed by atoms with van der Waals surface area (Å²) in [5.41, 5.74) is 2.84. The van der Waals surface area contributed by atoms with E-state index >= 15 is 0 Å². The third-order valence-electron chi connectivity index (χ3n) is 5.58. The number of anilines is 1. The van der Waals surface area contributed by atoms with Gasteiger partial charge < -0.3 is 24.4 Å². The molecule has 0 atom stereocenters. The monoisotopic (exact) mass is 391 g/mol. The number of rotatable bonds is 2. The van der Waals surface area contributed by atoms with Crippen LogP contribution in [0.1, 0.15) is 35.2 Å². The summed E-state index contributed by atoms with van der Waals surface area (Å²) in [4.78, 5) is 19.7. The molecule has 3 aromatic rings. The first kappa shape index (κ1) is 17.6. The number of Topliss-reactive ketones (excluding diaryl/α,β-unsaturated/α-hetero) is 1. The zero-order valence-electron chi connectivity index (χ0n) is 16.1. The summed E-state index contributed by atoms with van der Waals surface area (Å²) >= 11 is 0. The van der Waals surface area contributed by atoms with E-state index in [2.05, 4.69) is 9.88 Å². The average molecular weight is 391 g/mol. The Hall–Kier alpha value is -3.48. The predicted octanol–water partition coefficient (Wildman–Crippen LogP) is 3.59. The summed E-state index contributed by atoms with van der Waals surface area (Å²) in [6.07, 6.45) is 9.00. The van der Waals surface area contributed by atoms with Crippen molar-refractivity contribution >= 4 is 28.6 Å². The molecule has 4 heterocycles. The Morgan fingerprint density at radius 3 is 2.76 bits per heavy atom. The van der Waals surface area contributed by atoms with Gasteiger partial charge in [-0.05, 0) is 31.4 Å². The van der Waals surface area contributed by atoms with Gasteiger partial charge in [0.1, 0.15) is 28.5 Å². The molecule has 0 radical (unpaired) electrons. The molecule has 1 fully saturated rings. The molecule has 148 valence electrons. The summed E-state index contributed by atoms with van der Waals surface area (Å²) < 4.78 is 7.61. The Balaban J connectivity index is 1.63. The van der Waals surface area contributed by atoms with Crippen molar-refractivity contribution < 1.29 is 19.7 Å². The number of carbonyl (C=O) groups is 1. The third-order valence-corrected chi connectivity index (χ3v) is 5.58. The number of aryl methyl sites for hydroxylation is 1. The molecule has 0 spiro atoms. The Bertz CT molecular complexity index is 1170. The average Bonchev–Trinajstić information content (AvgIpc) is 3.19. The van der Waals surface area contributed by atoms with E-state index in [1.807, 2.05) is 30.1 Å². The molecule has 0 bridgehead atoms. The highest BCUT2D eigenvalue weighted by Crippen LogP contribution is 2.41. The smallest absolute Gasteiger partial charge is 0.235 e. The maximum absolute atomic E-state index is 12.8. The molecule has 1 saturated heterocycles. The summed E-state index contributed by atoms with van der Waals surface area (Å²) in [5, 5.41) is 20.7. The predicted molar refractivity (Wildman–Crippen MR) is 109 cm³/mol. The number of hydrogen-bond donors (Lipinski definition) is 2. The van der Waals surface area contributed by atoms with Gasteiger partial charge in [-0.1, -0.05) is 0 Å². The van der Waals surface area contributed by atoms with Crippen molar-refractivity contribution in [3.05, 3.63) is 47.5 Å². The van der Waals surface area contributed by atoms with Crippen LogP contribution in [0.25, 0.3) is 17.1 Å². The number of nitrogens with zero attached hydrogens (tertiary/aromatic N) is 3. The minimum Gasteiger partial charge on any atom is -0.508 e. The van der Waals surface area contributed by atoms with Gasteiger partial charge in [-0.15, -0.1) is 0 Å². The lowest BCUT2D eigenvalue weighted by Gasteiger charge is -2.29. The largest absolute Gasteiger partial charge is 0.508 e. The van der Waals surface area contributed by atoms with Crippen LogP contribution in [-0.4, -0.2) is 38.6 Å². The maximum Gasteiger partial charge on any atom is 0.235 e. The molecule has 5 rings (SSSR count). The minimum absolute atomic E-state index is 0.0728. The van der Waals surface area contributed by atoms with Crippen molar-refractivity contribution in [3.8, 4) is 17.2 Å². The topological polar surface area (TPSA) is 87.8 Å². The van der Waals surface area contributed by atoms with Gasteiger partial charge in [-0.25, -0.2) is 4.98 Å². The van der Waals surface area contributed by atoms with Gasteiger partial charge in [0.25, 0.3) is 0 Å². The molecule has 1 aromatic carbocycles. The molecular formula is C22H21N3O4. The number of aromatic nitrogens is 2. The van der Waals surface area contributed by atoms with E-state index < -0.39 is 5.78 Å². The molecule has 2 N–H and O–H groups in total. The van der Waals surface area contributed by atoms with E-state index in [1.165, 1.54) is 12.5 Å². The first-order valence-electron chi connectivity index (χ1n) is 9.72. The molecule has 0 saturated carbocycles. The lowest BCUT2D eigenvalue weighted by atomic mass is 10.1. The fourth-order valence-electron chi connectivity index (χ4n) is 4.25. The lowest BCUT2D eigenvalue weighted by molar-refractivity contribution is 0.101. The third kappa shape index (κ3) is 2.81. The fraction of sp³-hybridized carbons (Fsp3) is 0.273. The van der Waals surface area contributed by atoms with E-state index in [4.69, 9.17) is 4.74 Å². The van der Waals surface area contributed by atoms with Crippen LogP contribution in [0, 0.1) is 0 Å². The molecule has 0 amide bonds. The summed E-state index contributed by atoms with van der Waals surface area (Å²) in [5.74, 6) is -0.577. The number of ketones is 1. The number of piperidine rings is 1. The zero-order chi connectivity index (χ0) is 20.1. The van der Waals surface area contributed by atoms with E-state index in [-0.39, 0.29) is 28.6 Å². The number of aromatic hydroxyl groups is 2. The fourth-order valence-corrected chi connectivity index (χ4v) is 4.25. The molecule has 7 nitrogen and oxygen atoms in total. The normalized spacial score (nSPS) is 17.8. The van der Waals surface area contributed by atoms with Crippen molar-refractivity contribution in [2.45, 2.75) is 19.3 Å². The van der Waals surface area contributed by atoms with Crippen LogP contribution in [0.2, 0.25) is 0 Å². The maximum atomic E-state index is 12.8. The van der Waals surface area contributed by atoms with Crippen molar-refractivity contribution in [3.63, 3.8) is 0 Å². The van der Waals surface area contributed by atoms with Crippen LogP contribution in [0.5, 0.6) is 17.2 Å². The van der Waals surface area contributed by atoms with Gasteiger partial charge in [0.15, 0.2) is 5.76 Å². The van der Waals surface area contributed by atoms with E-state index in [1.54, 1.807) is 6.08 Å². The zero-order valence-corrected chi connectivity index (χ0v) is 16.1. The summed E-state index contributed by atoms with van der Waals surface area (Å²) in [7, 11) is 1.92. The number of allylic oxidation sites excluding steroid dienone is 1. The number of carbonyl (C=O) groups excluding carboxylic acids is 1. The number of phenols is 2. The number of ether oxygens (including phenoxy) is 1. The van der Waals surface area contributed by atoms with E-state index in [9.17, 15) is 15.0 Å². The Labute approximate surface area is 167 Å². The van der Waals surface area contributed by atoms with Gasteiger partial charge in [-0.3, -0.25) is 4.79 Å². The van der Waals surface area contributed by atoms with Crippen molar-refractivity contribution in [2.24, 2.45) is 7.05 Å². The van der Waals surface area contributed by atoms with Crippen LogP contribution in [0.15, 0.2) is 36.4 Å². The molecule has 2 aliphatic rings. The van der Waals surface area contributed by atoms with Crippen LogP contribution in [0.4, 0.5) is 5.69 Å². The second-order valence-electron chi connectivity index (χ2n) is 7.55. The molecule has 0 unspecified atom stereocenters. The molecule has 29 heavy (non-hydrogen) atoms. The molecule has 2 aromatic heterocycles. The van der Waals surface area contributed by atoms with Crippen LogP contribution in [0.3, 0.4) is 0 Å². The van der Waals surface area contributed by atoms with Gasteiger partial charge in [-0.2, -0.15) is 0 Å². The number of fused-ring (bicyclic) bond motifs is 2. The number of benzene rings is 1. The molecular weight excluding hydrogens is 370 g/mol. The second-order valence-corrected chi connectivity index (χ2v) is 7.55. The molecule has 7 heteroatoms. The quantitative estimate of drug-likeness (QED) is 0.649. The van der Waals surface area contributed by atoms with Crippen molar-refractivity contribution in [1.82, 2.24) is 9.55 Å². The minimum atomic E-state index is -0.405. The first-order valence-corrected chi connectivity index (χ1v) is 9.72. The Kier molecular flexibility index (Phi) is 3.97. The lowest BCUT2D eigenvalue weighted by Crippen LogP contribution is -2.29. The van der Waals surface area contributed by atoms with Crippen LogP contribution >= 0.6 is 0 Å².